The number of rotatable bonds is 8. The second-order valence-electron chi connectivity index (χ2n) is 8.19. The summed E-state index contributed by atoms with van der Waals surface area (Å²) in [4.78, 5) is 27.1. The molecule has 0 aliphatic carbocycles. The molecule has 1 aliphatic rings. The fourth-order valence-electron chi connectivity index (χ4n) is 3.71. The molecule has 11 heteroatoms. The Bertz CT molecular complexity index is 1180. The molecule has 1 unspecified atom stereocenters. The van der Waals surface area contributed by atoms with Gasteiger partial charge in [0.2, 0.25) is 10.0 Å². The summed E-state index contributed by atoms with van der Waals surface area (Å²) in [6, 6.07) is 6.48. The molecule has 0 saturated carbocycles. The number of nitrogens with one attached hydrogen (secondary N) is 1. The maximum atomic E-state index is 13.9. The maximum absolute atomic E-state index is 13.9. The predicted molar refractivity (Wildman–Crippen MR) is 122 cm³/mol. The van der Waals surface area contributed by atoms with Crippen molar-refractivity contribution in [3.63, 3.8) is 0 Å². The minimum absolute atomic E-state index is 0.0373. The number of benzene rings is 2. The van der Waals surface area contributed by atoms with Crippen molar-refractivity contribution in [2.24, 2.45) is 0 Å². The average molecular weight is 496 g/mol. The number of ether oxygens (including phenoxy) is 1. The number of hydrogen-bond donors (Lipinski definition) is 1. The second kappa shape index (κ2) is 10.5. The molecule has 8 nitrogen and oxygen atoms in total. The van der Waals surface area contributed by atoms with Gasteiger partial charge in [-0.15, -0.1) is 0 Å². The maximum Gasteiger partial charge on any atom is 0.340 e. The molecule has 0 radical (unpaired) electrons. The van der Waals surface area contributed by atoms with Crippen molar-refractivity contribution in [3.8, 4) is 0 Å². The van der Waals surface area contributed by atoms with Crippen LogP contribution in [0.4, 0.5) is 14.5 Å². The van der Waals surface area contributed by atoms with E-state index in [1.54, 1.807) is 6.07 Å². The van der Waals surface area contributed by atoms with Gasteiger partial charge in [0.1, 0.15) is 11.6 Å². The Labute approximate surface area is 197 Å². The van der Waals surface area contributed by atoms with Gasteiger partial charge in [0, 0.05) is 38.8 Å². The molecule has 1 aliphatic heterocycles. The van der Waals surface area contributed by atoms with Gasteiger partial charge in [-0.3, -0.25) is 4.79 Å². The third-order valence-corrected chi connectivity index (χ3v) is 7.37. The molecule has 1 heterocycles. The zero-order valence-electron chi connectivity index (χ0n) is 19.2. The van der Waals surface area contributed by atoms with Gasteiger partial charge in [-0.2, -0.15) is 0 Å². The number of esters is 1. The van der Waals surface area contributed by atoms with E-state index >= 15 is 0 Å². The van der Waals surface area contributed by atoms with E-state index < -0.39 is 46.2 Å². The van der Waals surface area contributed by atoms with Crippen molar-refractivity contribution >= 4 is 27.6 Å². The number of halogens is 2. The van der Waals surface area contributed by atoms with Gasteiger partial charge in [0.25, 0.3) is 5.91 Å². The Morgan fingerprint density at radius 3 is 2.41 bits per heavy atom. The van der Waals surface area contributed by atoms with Crippen molar-refractivity contribution in [2.45, 2.75) is 30.7 Å². The monoisotopic (exact) mass is 495 g/mol. The van der Waals surface area contributed by atoms with Gasteiger partial charge in [-0.1, -0.05) is 6.07 Å². The van der Waals surface area contributed by atoms with Crippen LogP contribution in [0.3, 0.4) is 0 Å². The summed E-state index contributed by atoms with van der Waals surface area (Å²) in [5.74, 6) is -3.09. The third kappa shape index (κ3) is 5.71. The number of nitrogens with zero attached hydrogens (tertiary/aromatic N) is 2. The minimum atomic E-state index is -3.79. The lowest BCUT2D eigenvalue weighted by molar-refractivity contribution is -0.124. The first kappa shape index (κ1) is 25.6. The van der Waals surface area contributed by atoms with E-state index in [4.69, 9.17) is 4.74 Å². The Morgan fingerprint density at radius 1 is 1.12 bits per heavy atom. The molecule has 0 spiro atoms. The number of anilines is 1. The van der Waals surface area contributed by atoms with Crippen molar-refractivity contribution in [2.75, 3.05) is 38.7 Å². The van der Waals surface area contributed by atoms with E-state index in [1.807, 2.05) is 4.90 Å². The van der Waals surface area contributed by atoms with Crippen molar-refractivity contribution < 1.29 is 31.5 Å². The van der Waals surface area contributed by atoms with Gasteiger partial charge < -0.3 is 15.0 Å². The lowest BCUT2D eigenvalue weighted by Crippen LogP contribution is -2.32. The number of carbonyl (C=O) groups is 2. The summed E-state index contributed by atoms with van der Waals surface area (Å²) in [7, 11) is -1.02. The van der Waals surface area contributed by atoms with Crippen molar-refractivity contribution in [3.05, 3.63) is 59.2 Å². The third-order valence-electron chi connectivity index (χ3n) is 5.55. The number of sulfonamides is 1. The standard InChI is InChI=1S/C23H27F2N3O5S/c1-15(18-8-6-16(24)12-20(18)25)26-22(29)14-33-23(30)19-13-17(34(31,32)27(2)3)7-9-21(19)28-10-4-5-11-28/h6-9,12-13,15H,4-5,10-11,14H2,1-3H3,(H,26,29). The van der Waals surface area contributed by atoms with Gasteiger partial charge >= 0.3 is 5.97 Å². The van der Waals surface area contributed by atoms with Crippen LogP contribution in [0.1, 0.15) is 41.7 Å². The molecule has 1 amide bonds. The van der Waals surface area contributed by atoms with Crippen LogP contribution >= 0.6 is 0 Å². The first-order valence-corrected chi connectivity index (χ1v) is 12.2. The Morgan fingerprint density at radius 2 is 1.79 bits per heavy atom. The van der Waals surface area contributed by atoms with Crippen LogP contribution in [0.2, 0.25) is 0 Å². The van der Waals surface area contributed by atoms with Crippen LogP contribution in [0.15, 0.2) is 41.3 Å². The lowest BCUT2D eigenvalue weighted by Gasteiger charge is -2.22. The summed E-state index contributed by atoms with van der Waals surface area (Å²) in [6.07, 6.45) is 1.87. The fourth-order valence-corrected chi connectivity index (χ4v) is 4.63. The predicted octanol–water partition coefficient (Wildman–Crippen LogP) is 2.85. The first-order chi connectivity index (χ1) is 16.0. The molecule has 34 heavy (non-hydrogen) atoms. The SMILES string of the molecule is CC(NC(=O)COC(=O)c1cc(S(=O)(=O)N(C)C)ccc1N1CCCC1)c1ccc(F)cc1F. The van der Waals surface area contributed by atoms with Crippen LogP contribution in [0.25, 0.3) is 0 Å². The van der Waals surface area contributed by atoms with Crippen LogP contribution in [0, 0.1) is 11.6 Å². The topological polar surface area (TPSA) is 96.0 Å². The Hall–Kier alpha value is -3.05. The fraction of sp³-hybridized carbons (Fsp3) is 0.391. The first-order valence-electron chi connectivity index (χ1n) is 10.7. The summed E-state index contributed by atoms with van der Waals surface area (Å²) in [5, 5.41) is 2.49. The highest BCUT2D eigenvalue weighted by Gasteiger charge is 2.26. The van der Waals surface area contributed by atoms with Gasteiger partial charge in [-0.05, 0) is 44.0 Å². The summed E-state index contributed by atoms with van der Waals surface area (Å²) < 4.78 is 58.3. The quantitative estimate of drug-likeness (QED) is 0.566. The minimum Gasteiger partial charge on any atom is -0.452 e. The molecule has 1 atom stereocenters. The Balaban J connectivity index is 1.75. The smallest absolute Gasteiger partial charge is 0.340 e. The van der Waals surface area contributed by atoms with Gasteiger partial charge in [0.15, 0.2) is 6.61 Å². The number of amides is 1. The molecular formula is C23H27F2N3O5S. The Kier molecular flexibility index (Phi) is 7.88. The van der Waals surface area contributed by atoms with E-state index in [9.17, 15) is 26.8 Å². The van der Waals surface area contributed by atoms with E-state index in [-0.39, 0.29) is 16.0 Å². The summed E-state index contributed by atoms with van der Waals surface area (Å²) in [6.45, 7) is 2.27. The van der Waals surface area contributed by atoms with Crippen molar-refractivity contribution in [1.82, 2.24) is 9.62 Å². The molecule has 2 aromatic rings. The average Bonchev–Trinajstić information content (AvgIpc) is 3.31. The van der Waals surface area contributed by atoms with Gasteiger partial charge in [-0.25, -0.2) is 26.3 Å². The highest BCUT2D eigenvalue weighted by Crippen LogP contribution is 2.29. The van der Waals surface area contributed by atoms with E-state index in [0.29, 0.717) is 24.8 Å². The normalized spacial score (nSPS) is 14.8. The van der Waals surface area contributed by atoms with E-state index in [2.05, 4.69) is 5.32 Å². The zero-order valence-corrected chi connectivity index (χ0v) is 20.0. The van der Waals surface area contributed by atoms with Crippen LogP contribution in [0.5, 0.6) is 0 Å². The lowest BCUT2D eigenvalue weighted by atomic mass is 10.1. The molecule has 0 aromatic heterocycles. The van der Waals surface area contributed by atoms with E-state index in [1.165, 1.54) is 39.2 Å². The number of carbonyl (C=O) groups excluding carboxylic acids is 2. The summed E-state index contributed by atoms with van der Waals surface area (Å²) >= 11 is 0. The molecular weight excluding hydrogens is 468 g/mol. The van der Waals surface area contributed by atoms with Crippen molar-refractivity contribution in [1.29, 1.82) is 0 Å². The molecule has 0 bridgehead atoms. The molecule has 1 N–H and O–H groups in total. The molecule has 1 fully saturated rings. The molecule has 1 saturated heterocycles. The van der Waals surface area contributed by atoms with Crippen LogP contribution in [-0.2, 0) is 19.6 Å². The molecule has 3 rings (SSSR count). The van der Waals surface area contributed by atoms with E-state index in [0.717, 1.165) is 23.2 Å². The zero-order chi connectivity index (χ0) is 25.0. The second-order valence-corrected chi connectivity index (χ2v) is 10.3. The van der Waals surface area contributed by atoms with Crippen LogP contribution in [-0.4, -0.2) is 58.4 Å². The molecule has 184 valence electrons. The highest BCUT2D eigenvalue weighted by atomic mass is 32.2. The van der Waals surface area contributed by atoms with Crippen LogP contribution < -0.4 is 10.2 Å². The molecule has 2 aromatic carbocycles. The van der Waals surface area contributed by atoms with Gasteiger partial charge in [0.05, 0.1) is 22.2 Å². The number of hydrogen-bond acceptors (Lipinski definition) is 6. The largest absolute Gasteiger partial charge is 0.452 e. The summed E-state index contributed by atoms with van der Waals surface area (Å²) in [5.41, 5.74) is 0.650. The highest BCUT2D eigenvalue weighted by molar-refractivity contribution is 7.89.